The number of carbonyl (C=O) groups is 3. The number of fused-ring (bicyclic) bond motifs is 1. The molecular formula is C23H18BrF3N2O4. The maximum absolute atomic E-state index is 13.3. The molecule has 6 atom stereocenters. The monoisotopic (exact) mass is 522 g/mol. The highest BCUT2D eigenvalue weighted by atomic mass is 79.9. The number of esters is 1. The summed E-state index contributed by atoms with van der Waals surface area (Å²) in [5.41, 5.74) is -1.19. The van der Waals surface area contributed by atoms with Crippen molar-refractivity contribution in [2.75, 3.05) is 10.6 Å². The molecule has 172 valence electrons. The summed E-state index contributed by atoms with van der Waals surface area (Å²) in [7, 11) is 0. The van der Waals surface area contributed by atoms with Gasteiger partial charge in [0.15, 0.2) is 0 Å². The van der Waals surface area contributed by atoms with E-state index in [9.17, 15) is 27.6 Å². The maximum atomic E-state index is 13.3. The minimum absolute atomic E-state index is 0.00764. The highest BCUT2D eigenvalue weighted by molar-refractivity contribution is 9.09. The second-order valence-corrected chi connectivity index (χ2v) is 9.55. The molecule has 2 amide bonds. The molecule has 2 bridgehead atoms. The van der Waals surface area contributed by atoms with E-state index in [1.165, 1.54) is 24.3 Å². The number of hydrogen-bond donors (Lipinski definition) is 2. The van der Waals surface area contributed by atoms with E-state index in [4.69, 9.17) is 4.74 Å². The van der Waals surface area contributed by atoms with Crippen molar-refractivity contribution in [2.45, 2.75) is 23.5 Å². The van der Waals surface area contributed by atoms with E-state index in [1.807, 2.05) is 0 Å². The van der Waals surface area contributed by atoms with Crippen molar-refractivity contribution in [1.82, 2.24) is 0 Å². The summed E-state index contributed by atoms with van der Waals surface area (Å²) in [5.74, 6) is -2.80. The molecular weight excluding hydrogens is 505 g/mol. The van der Waals surface area contributed by atoms with Gasteiger partial charge in [-0.15, -0.1) is 0 Å². The van der Waals surface area contributed by atoms with Crippen LogP contribution in [0.2, 0.25) is 0 Å². The fraction of sp³-hybridized carbons (Fsp3) is 0.348. The predicted molar refractivity (Wildman–Crippen MR) is 116 cm³/mol. The Morgan fingerprint density at radius 1 is 0.970 bits per heavy atom. The zero-order chi connectivity index (χ0) is 23.5. The first-order valence-electron chi connectivity index (χ1n) is 10.4. The lowest BCUT2D eigenvalue weighted by molar-refractivity contribution is -0.145. The second kappa shape index (κ2) is 7.86. The first kappa shape index (κ1) is 21.9. The van der Waals surface area contributed by atoms with Crippen LogP contribution in [0.25, 0.3) is 0 Å². The zero-order valence-corrected chi connectivity index (χ0v) is 18.5. The predicted octanol–water partition coefficient (Wildman–Crippen LogP) is 4.47. The Morgan fingerprint density at radius 2 is 1.64 bits per heavy atom. The number of rotatable bonds is 4. The number of alkyl halides is 4. The van der Waals surface area contributed by atoms with Gasteiger partial charge in [0.2, 0.25) is 5.91 Å². The molecule has 3 fully saturated rings. The second-order valence-electron chi connectivity index (χ2n) is 8.49. The van der Waals surface area contributed by atoms with Crippen LogP contribution >= 0.6 is 15.9 Å². The van der Waals surface area contributed by atoms with Gasteiger partial charge in [0.1, 0.15) is 6.10 Å². The van der Waals surface area contributed by atoms with Gasteiger partial charge in [-0.2, -0.15) is 13.2 Å². The van der Waals surface area contributed by atoms with Crippen LogP contribution in [0.4, 0.5) is 24.5 Å². The molecule has 0 radical (unpaired) electrons. The molecule has 0 spiro atoms. The van der Waals surface area contributed by atoms with E-state index in [2.05, 4.69) is 26.6 Å². The summed E-state index contributed by atoms with van der Waals surface area (Å²) in [4.78, 5) is 38.3. The Balaban J connectivity index is 1.38. The summed E-state index contributed by atoms with van der Waals surface area (Å²) >= 11 is 3.55. The fourth-order valence-corrected chi connectivity index (χ4v) is 6.41. The molecule has 2 aromatic carbocycles. The van der Waals surface area contributed by atoms with Crippen LogP contribution in [0.15, 0.2) is 48.5 Å². The van der Waals surface area contributed by atoms with Crippen LogP contribution in [0.5, 0.6) is 0 Å². The van der Waals surface area contributed by atoms with Gasteiger partial charge in [-0.3, -0.25) is 14.4 Å². The third kappa shape index (κ3) is 3.60. The first-order valence-corrected chi connectivity index (χ1v) is 11.3. The van der Waals surface area contributed by atoms with Gasteiger partial charge < -0.3 is 15.4 Å². The highest BCUT2D eigenvalue weighted by Gasteiger charge is 2.67. The third-order valence-electron chi connectivity index (χ3n) is 6.74. The van der Waals surface area contributed by atoms with Crippen LogP contribution in [0.1, 0.15) is 22.3 Å². The molecule has 5 rings (SSSR count). The van der Waals surface area contributed by atoms with Crippen LogP contribution in [0.3, 0.4) is 0 Å². The average Bonchev–Trinajstić information content (AvgIpc) is 3.38. The summed E-state index contributed by atoms with van der Waals surface area (Å²) in [6.45, 7) is 0. The van der Waals surface area contributed by atoms with Crippen molar-refractivity contribution in [3.05, 3.63) is 59.7 Å². The zero-order valence-electron chi connectivity index (χ0n) is 16.9. The summed E-state index contributed by atoms with van der Waals surface area (Å²) < 4.78 is 45.3. The summed E-state index contributed by atoms with van der Waals surface area (Å²) in [5, 5.41) is 5.01. The Morgan fingerprint density at radius 3 is 2.36 bits per heavy atom. The molecule has 1 saturated heterocycles. The number of hydrogen-bond acceptors (Lipinski definition) is 4. The number of halogens is 4. The molecule has 1 heterocycles. The van der Waals surface area contributed by atoms with Crippen LogP contribution in [-0.4, -0.2) is 28.7 Å². The molecule has 3 aliphatic rings. The van der Waals surface area contributed by atoms with Crippen molar-refractivity contribution in [2.24, 2.45) is 23.7 Å². The van der Waals surface area contributed by atoms with E-state index >= 15 is 0 Å². The SMILES string of the molecule is O=C(Nc1ccccc1C(F)(F)F)c1ccccc1NC(=O)[C@@H]1[C@H]2C[C@H]3[C@H](OC(=O)[C@H]31)[C@@H]2Br. The fourth-order valence-electron chi connectivity index (χ4n) is 5.37. The first-order chi connectivity index (χ1) is 15.7. The molecule has 2 N–H and O–H groups in total. The lowest BCUT2D eigenvalue weighted by Crippen LogP contribution is -2.40. The highest BCUT2D eigenvalue weighted by Crippen LogP contribution is 2.60. The normalized spacial score (nSPS) is 29.6. The number of amides is 2. The van der Waals surface area contributed by atoms with Gasteiger partial charge in [0.25, 0.3) is 5.91 Å². The van der Waals surface area contributed by atoms with Gasteiger partial charge in [0, 0.05) is 5.92 Å². The van der Waals surface area contributed by atoms with Gasteiger partial charge in [-0.1, -0.05) is 40.2 Å². The van der Waals surface area contributed by atoms with Crippen molar-refractivity contribution in [3.8, 4) is 0 Å². The number of anilines is 2. The quantitative estimate of drug-likeness (QED) is 0.458. The molecule has 2 saturated carbocycles. The Labute approximate surface area is 195 Å². The van der Waals surface area contributed by atoms with Gasteiger partial charge in [-0.05, 0) is 36.6 Å². The maximum Gasteiger partial charge on any atom is 0.418 e. The molecule has 2 aliphatic carbocycles. The van der Waals surface area contributed by atoms with Gasteiger partial charge in [0.05, 0.1) is 39.2 Å². The summed E-state index contributed by atoms with van der Waals surface area (Å²) in [6, 6.07) is 10.7. The number of para-hydroxylation sites is 2. The van der Waals surface area contributed by atoms with Crippen LogP contribution in [-0.2, 0) is 20.5 Å². The number of nitrogens with one attached hydrogen (secondary N) is 2. The molecule has 0 aromatic heterocycles. The van der Waals surface area contributed by atoms with Crippen molar-refractivity contribution in [3.63, 3.8) is 0 Å². The van der Waals surface area contributed by atoms with Crippen molar-refractivity contribution < 1.29 is 32.3 Å². The minimum Gasteiger partial charge on any atom is -0.461 e. The lowest BCUT2D eigenvalue weighted by atomic mass is 9.79. The average molecular weight is 523 g/mol. The Kier molecular flexibility index (Phi) is 5.23. The van der Waals surface area contributed by atoms with E-state index in [0.29, 0.717) is 6.42 Å². The van der Waals surface area contributed by atoms with E-state index in [-0.39, 0.29) is 45.7 Å². The number of ether oxygens (including phenoxy) is 1. The molecule has 10 heteroatoms. The number of benzene rings is 2. The Hall–Kier alpha value is -2.88. The summed E-state index contributed by atoms with van der Waals surface area (Å²) in [6.07, 6.45) is -4.16. The molecule has 0 unspecified atom stereocenters. The standard InChI is InChI=1S/C23H18BrF3N2O4/c24-18-11-9-12-17(22(32)33-19(12)18)16(11)21(31)28-14-7-3-1-5-10(14)20(30)29-15-8-4-2-6-13(15)23(25,26)27/h1-8,11-12,16-19H,9H2,(H,28,31)(H,29,30)/t11-,12-,16-,17-,18-,19+/m1/s1. The third-order valence-corrected chi connectivity index (χ3v) is 7.94. The Bertz CT molecular complexity index is 1150. The molecule has 2 aromatic rings. The molecule has 33 heavy (non-hydrogen) atoms. The van der Waals surface area contributed by atoms with E-state index in [0.717, 1.165) is 12.1 Å². The molecule has 1 aliphatic heterocycles. The van der Waals surface area contributed by atoms with Crippen LogP contribution in [0, 0.1) is 23.7 Å². The number of carbonyl (C=O) groups excluding carboxylic acids is 3. The van der Waals surface area contributed by atoms with Gasteiger partial charge >= 0.3 is 12.1 Å². The van der Waals surface area contributed by atoms with Crippen LogP contribution < -0.4 is 10.6 Å². The lowest BCUT2D eigenvalue weighted by Gasteiger charge is -2.27. The largest absolute Gasteiger partial charge is 0.461 e. The van der Waals surface area contributed by atoms with Crippen molar-refractivity contribution >= 4 is 45.1 Å². The van der Waals surface area contributed by atoms with Gasteiger partial charge in [-0.25, -0.2) is 0 Å². The smallest absolute Gasteiger partial charge is 0.418 e. The molecule has 6 nitrogen and oxygen atoms in total. The minimum atomic E-state index is -4.64. The van der Waals surface area contributed by atoms with E-state index < -0.39 is 35.4 Å². The van der Waals surface area contributed by atoms with Crippen molar-refractivity contribution in [1.29, 1.82) is 0 Å². The van der Waals surface area contributed by atoms with E-state index in [1.54, 1.807) is 12.1 Å². The topological polar surface area (TPSA) is 84.5 Å².